The van der Waals surface area contributed by atoms with Gasteiger partial charge in [-0.05, 0) is 13.0 Å². The fourth-order valence-electron chi connectivity index (χ4n) is 1.08. The largest absolute Gasteiger partial charge is 0.504 e. The van der Waals surface area contributed by atoms with E-state index in [0.717, 1.165) is 0 Å². The maximum atomic E-state index is 9.42. The summed E-state index contributed by atoms with van der Waals surface area (Å²) in [4.78, 5) is 0. The minimum absolute atomic E-state index is 0.234. The molecule has 1 rings (SSSR count). The summed E-state index contributed by atoms with van der Waals surface area (Å²) in [6.45, 7) is 1.27. The third kappa shape index (κ3) is 1.74. The molecule has 0 aliphatic heterocycles. The zero-order valence-electron chi connectivity index (χ0n) is 7.36. The van der Waals surface area contributed by atoms with Crippen molar-refractivity contribution in [1.29, 1.82) is 0 Å². The monoisotopic (exact) mass is 183 g/mol. The summed E-state index contributed by atoms with van der Waals surface area (Å²) in [6.07, 6.45) is 0. The topological polar surface area (TPSA) is 86.7 Å². The first-order valence-electron chi connectivity index (χ1n) is 3.90. The van der Waals surface area contributed by atoms with Gasteiger partial charge in [0, 0.05) is 5.56 Å². The van der Waals surface area contributed by atoms with Crippen LogP contribution in [0.5, 0.6) is 11.5 Å². The lowest BCUT2D eigenvalue weighted by atomic mass is 9.93. The van der Waals surface area contributed by atoms with Crippen LogP contribution in [0.1, 0.15) is 12.5 Å². The molecule has 0 amide bonds. The van der Waals surface area contributed by atoms with Gasteiger partial charge < -0.3 is 21.1 Å². The lowest BCUT2D eigenvalue weighted by Gasteiger charge is -2.23. The van der Waals surface area contributed by atoms with Crippen LogP contribution in [0.2, 0.25) is 0 Å². The third-order valence-corrected chi connectivity index (χ3v) is 1.96. The summed E-state index contributed by atoms with van der Waals surface area (Å²) in [7, 11) is 0. The van der Waals surface area contributed by atoms with E-state index in [2.05, 4.69) is 0 Å². The second kappa shape index (κ2) is 3.24. The summed E-state index contributed by atoms with van der Waals surface area (Å²) in [5.41, 5.74) is 4.98. The van der Waals surface area contributed by atoms with Crippen LogP contribution < -0.4 is 5.73 Å². The van der Waals surface area contributed by atoms with Crippen molar-refractivity contribution < 1.29 is 15.3 Å². The molecule has 0 fully saturated rings. The quantitative estimate of drug-likeness (QED) is 0.495. The van der Waals surface area contributed by atoms with E-state index in [9.17, 15) is 10.2 Å². The number of phenols is 2. The zero-order chi connectivity index (χ0) is 10.1. The smallest absolute Gasteiger partial charge is 0.162 e. The molecule has 0 aliphatic rings. The predicted octanol–water partition coefficient (Wildman–Crippen LogP) is 0.264. The number of aromatic hydroxyl groups is 2. The van der Waals surface area contributed by atoms with E-state index < -0.39 is 5.54 Å². The molecule has 1 aromatic carbocycles. The van der Waals surface area contributed by atoms with Crippen LogP contribution in [0.25, 0.3) is 0 Å². The van der Waals surface area contributed by atoms with Crippen LogP contribution in [-0.4, -0.2) is 21.9 Å². The molecule has 4 nitrogen and oxygen atoms in total. The van der Waals surface area contributed by atoms with E-state index >= 15 is 0 Å². The van der Waals surface area contributed by atoms with Crippen molar-refractivity contribution in [3.8, 4) is 11.5 Å². The molecule has 0 heterocycles. The lowest BCUT2D eigenvalue weighted by Crippen LogP contribution is -2.36. The lowest BCUT2D eigenvalue weighted by molar-refractivity contribution is 0.206. The van der Waals surface area contributed by atoms with Crippen molar-refractivity contribution in [2.24, 2.45) is 5.73 Å². The van der Waals surface area contributed by atoms with E-state index in [0.29, 0.717) is 5.56 Å². The predicted molar refractivity (Wildman–Crippen MR) is 48.4 cm³/mol. The summed E-state index contributed by atoms with van der Waals surface area (Å²) in [5, 5.41) is 27.5. The van der Waals surface area contributed by atoms with Crippen molar-refractivity contribution in [2.45, 2.75) is 12.5 Å². The molecule has 4 heteroatoms. The molecule has 5 N–H and O–H groups in total. The Labute approximate surface area is 76.2 Å². The van der Waals surface area contributed by atoms with Gasteiger partial charge in [0.2, 0.25) is 0 Å². The van der Waals surface area contributed by atoms with Crippen LogP contribution in [0.15, 0.2) is 18.2 Å². The number of aliphatic hydroxyl groups excluding tert-OH is 1. The molecule has 72 valence electrons. The zero-order valence-corrected chi connectivity index (χ0v) is 7.36. The van der Waals surface area contributed by atoms with Crippen molar-refractivity contribution in [2.75, 3.05) is 6.61 Å². The molecular weight excluding hydrogens is 170 g/mol. The van der Waals surface area contributed by atoms with Crippen LogP contribution in [-0.2, 0) is 5.54 Å². The van der Waals surface area contributed by atoms with Crippen molar-refractivity contribution in [3.05, 3.63) is 23.8 Å². The van der Waals surface area contributed by atoms with E-state index in [1.54, 1.807) is 19.1 Å². The molecule has 1 aromatic rings. The number of hydrogen-bond donors (Lipinski definition) is 4. The fraction of sp³-hybridized carbons (Fsp3) is 0.333. The Morgan fingerprint density at radius 2 is 2.00 bits per heavy atom. The average Bonchev–Trinajstić information content (AvgIpc) is 2.09. The summed E-state index contributed by atoms with van der Waals surface area (Å²) < 4.78 is 0. The summed E-state index contributed by atoms with van der Waals surface area (Å²) in [6, 6.07) is 4.47. The second-order valence-corrected chi connectivity index (χ2v) is 3.25. The molecule has 0 spiro atoms. The Morgan fingerprint density at radius 3 is 2.54 bits per heavy atom. The minimum Gasteiger partial charge on any atom is -0.504 e. The van der Waals surface area contributed by atoms with Crippen LogP contribution in [0.3, 0.4) is 0 Å². The molecule has 0 aliphatic carbocycles. The number of nitrogens with two attached hydrogens (primary N) is 1. The molecule has 0 bridgehead atoms. The van der Waals surface area contributed by atoms with Crippen LogP contribution in [0.4, 0.5) is 0 Å². The van der Waals surface area contributed by atoms with E-state index in [1.165, 1.54) is 6.07 Å². The SMILES string of the molecule is C[C@](N)(CO)c1cccc(O)c1O. The molecule has 0 saturated heterocycles. The maximum absolute atomic E-state index is 9.42. The van der Waals surface area contributed by atoms with E-state index in [-0.39, 0.29) is 18.1 Å². The number of benzene rings is 1. The van der Waals surface area contributed by atoms with Crippen LogP contribution in [0, 0.1) is 0 Å². The Bertz CT molecular complexity index is 310. The molecule has 0 saturated carbocycles. The van der Waals surface area contributed by atoms with Crippen molar-refractivity contribution in [1.82, 2.24) is 0 Å². The van der Waals surface area contributed by atoms with Crippen molar-refractivity contribution >= 4 is 0 Å². The van der Waals surface area contributed by atoms with Gasteiger partial charge in [-0.1, -0.05) is 12.1 Å². The Balaban J connectivity index is 3.22. The molecular formula is C9H13NO3. The van der Waals surface area contributed by atoms with Gasteiger partial charge in [0.1, 0.15) is 0 Å². The Morgan fingerprint density at radius 1 is 1.38 bits per heavy atom. The molecule has 0 radical (unpaired) electrons. The fourth-order valence-corrected chi connectivity index (χ4v) is 1.08. The van der Waals surface area contributed by atoms with Gasteiger partial charge in [0.15, 0.2) is 11.5 Å². The molecule has 1 atom stereocenters. The normalized spacial score (nSPS) is 15.3. The first-order valence-corrected chi connectivity index (χ1v) is 3.90. The number of aliphatic hydroxyl groups is 1. The summed E-state index contributed by atoms with van der Waals surface area (Å²) >= 11 is 0. The van der Waals surface area contributed by atoms with Gasteiger partial charge in [-0.25, -0.2) is 0 Å². The van der Waals surface area contributed by atoms with E-state index in [4.69, 9.17) is 10.8 Å². The number of hydrogen-bond acceptors (Lipinski definition) is 4. The molecule has 0 unspecified atom stereocenters. The van der Waals surface area contributed by atoms with Gasteiger partial charge in [0.25, 0.3) is 0 Å². The first kappa shape index (κ1) is 9.83. The van der Waals surface area contributed by atoms with Crippen LogP contribution >= 0.6 is 0 Å². The highest BCUT2D eigenvalue weighted by molar-refractivity contribution is 5.47. The van der Waals surface area contributed by atoms with Gasteiger partial charge in [-0.15, -0.1) is 0 Å². The van der Waals surface area contributed by atoms with Crippen molar-refractivity contribution in [3.63, 3.8) is 0 Å². The highest BCUT2D eigenvalue weighted by Crippen LogP contribution is 2.33. The first-order chi connectivity index (χ1) is 5.99. The number of rotatable bonds is 2. The van der Waals surface area contributed by atoms with Gasteiger partial charge in [0.05, 0.1) is 12.1 Å². The summed E-state index contributed by atoms with van der Waals surface area (Å²) in [5.74, 6) is -0.510. The highest BCUT2D eigenvalue weighted by Gasteiger charge is 2.24. The number of phenolic OH excluding ortho intramolecular Hbond substituents is 2. The minimum atomic E-state index is -1.04. The molecule has 0 aromatic heterocycles. The average molecular weight is 183 g/mol. The maximum Gasteiger partial charge on any atom is 0.162 e. The van der Waals surface area contributed by atoms with Gasteiger partial charge >= 0.3 is 0 Å². The highest BCUT2D eigenvalue weighted by atomic mass is 16.3. The Kier molecular flexibility index (Phi) is 2.45. The van der Waals surface area contributed by atoms with Gasteiger partial charge in [-0.3, -0.25) is 0 Å². The molecule has 13 heavy (non-hydrogen) atoms. The number of para-hydroxylation sites is 1. The van der Waals surface area contributed by atoms with Gasteiger partial charge in [-0.2, -0.15) is 0 Å². The van der Waals surface area contributed by atoms with E-state index in [1.807, 2.05) is 0 Å². The second-order valence-electron chi connectivity index (χ2n) is 3.25. The standard InChI is InChI=1S/C9H13NO3/c1-9(10,5-11)6-3-2-4-7(12)8(6)13/h2-4,11-13H,5,10H2,1H3/t9-/m0/s1. The third-order valence-electron chi connectivity index (χ3n) is 1.96. The Hall–Kier alpha value is -1.26.